The van der Waals surface area contributed by atoms with Gasteiger partial charge in [0.15, 0.2) is 0 Å². The molecule has 1 N–H and O–H groups in total. The van der Waals surface area contributed by atoms with E-state index in [1.807, 2.05) is 13.0 Å². The zero-order chi connectivity index (χ0) is 16.3. The van der Waals surface area contributed by atoms with Crippen molar-refractivity contribution >= 4 is 30.5 Å². The fraction of sp³-hybridized carbons (Fsp3) is 0.700. The average molecular weight is 402 g/mol. The average Bonchev–Trinajstić information content (AvgIpc) is 3.27. The SMILES string of the molecule is Cc1cc(F)ccc1N1CCC(N2[C@@H]3CC[C@H]2[C@H]2CNC[C@H]23)CC1.Cl.Cl. The second-order valence-corrected chi connectivity index (χ2v) is 8.29. The Hall–Kier alpha value is -0.550. The first-order valence-electron chi connectivity index (χ1n) is 9.71. The van der Waals surface area contributed by atoms with Crippen LogP contribution in [-0.2, 0) is 0 Å². The van der Waals surface area contributed by atoms with Crippen LogP contribution < -0.4 is 10.2 Å². The Kier molecular flexibility index (Phi) is 6.08. The van der Waals surface area contributed by atoms with Crippen LogP contribution in [0.4, 0.5) is 10.1 Å². The number of benzene rings is 1. The van der Waals surface area contributed by atoms with E-state index in [0.717, 1.165) is 48.6 Å². The molecule has 1 aromatic carbocycles. The van der Waals surface area contributed by atoms with E-state index in [2.05, 4.69) is 15.1 Å². The van der Waals surface area contributed by atoms with Gasteiger partial charge in [-0.3, -0.25) is 4.90 Å². The van der Waals surface area contributed by atoms with Crippen molar-refractivity contribution < 1.29 is 4.39 Å². The van der Waals surface area contributed by atoms with E-state index >= 15 is 0 Å². The molecule has 26 heavy (non-hydrogen) atoms. The van der Waals surface area contributed by atoms with Crippen LogP contribution in [-0.4, -0.2) is 49.2 Å². The van der Waals surface area contributed by atoms with Crippen LogP contribution >= 0.6 is 24.8 Å². The molecule has 0 saturated carbocycles. The van der Waals surface area contributed by atoms with Gasteiger partial charge in [0.05, 0.1) is 0 Å². The standard InChI is InChI=1S/C20H28FN3.2ClH/c1-13-10-14(21)2-3-18(13)23-8-6-15(7-9-23)24-19-4-5-20(24)17-12-22-11-16(17)19;;/h2-3,10,15-17,19-20,22H,4-9,11-12H2,1H3;2*1H/t16-,17+,19-,20+;;. The van der Waals surface area contributed by atoms with Gasteiger partial charge in [0, 0.05) is 36.9 Å². The lowest BCUT2D eigenvalue weighted by Crippen LogP contribution is -2.48. The summed E-state index contributed by atoms with van der Waals surface area (Å²) in [6, 6.07) is 7.68. The molecule has 0 aromatic heterocycles. The predicted molar refractivity (Wildman–Crippen MR) is 109 cm³/mol. The predicted octanol–water partition coefficient (Wildman–Crippen LogP) is 3.63. The molecule has 4 aliphatic rings. The second-order valence-electron chi connectivity index (χ2n) is 8.29. The van der Waals surface area contributed by atoms with Gasteiger partial charge < -0.3 is 10.2 Å². The fourth-order valence-electron chi connectivity index (χ4n) is 6.24. The van der Waals surface area contributed by atoms with E-state index in [-0.39, 0.29) is 30.6 Å². The number of hydrogen-bond acceptors (Lipinski definition) is 3. The van der Waals surface area contributed by atoms with E-state index in [0.29, 0.717) is 0 Å². The van der Waals surface area contributed by atoms with Crippen LogP contribution in [0.3, 0.4) is 0 Å². The molecule has 4 aliphatic heterocycles. The number of aryl methyl sites for hydroxylation is 1. The summed E-state index contributed by atoms with van der Waals surface area (Å²) in [7, 11) is 0. The molecule has 0 amide bonds. The molecule has 1 aromatic rings. The topological polar surface area (TPSA) is 18.5 Å². The molecule has 0 unspecified atom stereocenters. The largest absolute Gasteiger partial charge is 0.371 e. The minimum atomic E-state index is -0.125. The van der Waals surface area contributed by atoms with Gasteiger partial charge in [0.2, 0.25) is 0 Å². The van der Waals surface area contributed by atoms with Crippen molar-refractivity contribution in [1.29, 1.82) is 0 Å². The molecule has 0 radical (unpaired) electrons. The summed E-state index contributed by atoms with van der Waals surface area (Å²) in [4.78, 5) is 5.40. The van der Waals surface area contributed by atoms with E-state index in [4.69, 9.17) is 0 Å². The van der Waals surface area contributed by atoms with Gasteiger partial charge in [0.1, 0.15) is 5.82 Å². The number of nitrogens with one attached hydrogen (secondary N) is 1. The highest BCUT2D eigenvalue weighted by Crippen LogP contribution is 2.49. The Morgan fingerprint density at radius 1 is 0.962 bits per heavy atom. The molecule has 4 saturated heterocycles. The molecular formula is C20H30Cl2FN3. The number of nitrogens with zero attached hydrogens (tertiary/aromatic N) is 2. The summed E-state index contributed by atoms with van der Waals surface area (Å²) in [6.07, 6.45) is 5.36. The van der Waals surface area contributed by atoms with Gasteiger partial charge in [-0.25, -0.2) is 4.39 Å². The first kappa shape index (κ1) is 20.2. The van der Waals surface area contributed by atoms with Crippen molar-refractivity contribution in [3.8, 4) is 0 Å². The van der Waals surface area contributed by atoms with Crippen molar-refractivity contribution in [3.05, 3.63) is 29.6 Å². The molecule has 5 rings (SSSR count). The Balaban J connectivity index is 0.000000980. The lowest BCUT2D eigenvalue weighted by atomic mass is 9.82. The smallest absolute Gasteiger partial charge is 0.123 e. The zero-order valence-electron chi connectivity index (χ0n) is 15.4. The normalized spacial score (nSPS) is 33.7. The number of anilines is 1. The summed E-state index contributed by atoms with van der Waals surface area (Å²) in [6.45, 7) is 6.74. The summed E-state index contributed by atoms with van der Waals surface area (Å²) in [5, 5.41) is 3.62. The molecule has 4 heterocycles. The minimum absolute atomic E-state index is 0. The summed E-state index contributed by atoms with van der Waals surface area (Å²) < 4.78 is 13.4. The quantitative estimate of drug-likeness (QED) is 0.815. The van der Waals surface area contributed by atoms with Crippen LogP contribution in [0.2, 0.25) is 0 Å². The van der Waals surface area contributed by atoms with Crippen LogP contribution in [0.5, 0.6) is 0 Å². The maximum absolute atomic E-state index is 13.4. The lowest BCUT2D eigenvalue weighted by molar-refractivity contribution is 0.134. The third-order valence-electron chi connectivity index (χ3n) is 7.21. The van der Waals surface area contributed by atoms with Crippen LogP contribution in [0.25, 0.3) is 0 Å². The molecule has 3 nitrogen and oxygen atoms in total. The minimum Gasteiger partial charge on any atom is -0.371 e. The first-order chi connectivity index (χ1) is 11.7. The molecular weight excluding hydrogens is 372 g/mol. The number of halogens is 3. The second kappa shape index (κ2) is 7.83. The van der Waals surface area contributed by atoms with E-state index in [9.17, 15) is 4.39 Å². The maximum atomic E-state index is 13.4. The molecule has 0 spiro atoms. The molecule has 146 valence electrons. The Morgan fingerprint density at radius 3 is 2.15 bits per heavy atom. The number of fused-ring (bicyclic) bond motifs is 5. The molecule has 4 fully saturated rings. The van der Waals surface area contributed by atoms with Gasteiger partial charge in [-0.15, -0.1) is 24.8 Å². The van der Waals surface area contributed by atoms with Gasteiger partial charge in [0.25, 0.3) is 0 Å². The highest BCUT2D eigenvalue weighted by Gasteiger charge is 2.56. The van der Waals surface area contributed by atoms with Crippen molar-refractivity contribution in [1.82, 2.24) is 10.2 Å². The van der Waals surface area contributed by atoms with Crippen LogP contribution in [0.1, 0.15) is 31.2 Å². The highest BCUT2D eigenvalue weighted by atomic mass is 35.5. The Labute approximate surface area is 168 Å². The van der Waals surface area contributed by atoms with Crippen molar-refractivity contribution in [3.63, 3.8) is 0 Å². The van der Waals surface area contributed by atoms with Gasteiger partial charge in [-0.2, -0.15) is 0 Å². The molecule has 4 atom stereocenters. The van der Waals surface area contributed by atoms with Gasteiger partial charge in [-0.1, -0.05) is 0 Å². The third-order valence-corrected chi connectivity index (χ3v) is 7.21. The molecule has 2 bridgehead atoms. The lowest BCUT2D eigenvalue weighted by Gasteiger charge is -2.41. The van der Waals surface area contributed by atoms with Crippen LogP contribution in [0.15, 0.2) is 18.2 Å². The summed E-state index contributed by atoms with van der Waals surface area (Å²) in [5.74, 6) is 1.71. The molecule has 6 heteroatoms. The monoisotopic (exact) mass is 401 g/mol. The van der Waals surface area contributed by atoms with Gasteiger partial charge >= 0.3 is 0 Å². The molecule has 0 aliphatic carbocycles. The Bertz CT molecular complexity index is 617. The van der Waals surface area contributed by atoms with Gasteiger partial charge in [-0.05, 0) is 81.3 Å². The number of rotatable bonds is 2. The Morgan fingerprint density at radius 2 is 1.58 bits per heavy atom. The van der Waals surface area contributed by atoms with E-state index < -0.39 is 0 Å². The maximum Gasteiger partial charge on any atom is 0.123 e. The number of hydrogen-bond donors (Lipinski definition) is 1. The fourth-order valence-corrected chi connectivity index (χ4v) is 6.24. The number of piperidine rings is 1. The van der Waals surface area contributed by atoms with Crippen LogP contribution in [0, 0.1) is 24.6 Å². The summed E-state index contributed by atoms with van der Waals surface area (Å²) >= 11 is 0. The van der Waals surface area contributed by atoms with Crippen molar-refractivity contribution in [2.75, 3.05) is 31.1 Å². The first-order valence-corrected chi connectivity index (χ1v) is 9.71. The zero-order valence-corrected chi connectivity index (χ0v) is 17.0. The van der Waals surface area contributed by atoms with Crippen molar-refractivity contribution in [2.24, 2.45) is 11.8 Å². The summed E-state index contributed by atoms with van der Waals surface area (Å²) in [5.41, 5.74) is 2.29. The third kappa shape index (κ3) is 3.13. The van der Waals surface area contributed by atoms with E-state index in [1.54, 1.807) is 12.1 Å². The van der Waals surface area contributed by atoms with Crippen molar-refractivity contribution in [2.45, 2.75) is 50.7 Å². The highest BCUT2D eigenvalue weighted by molar-refractivity contribution is 5.85. The van der Waals surface area contributed by atoms with E-state index in [1.165, 1.54) is 44.5 Å².